The van der Waals surface area contributed by atoms with Crippen LogP contribution in [0.2, 0.25) is 0 Å². The molecule has 8 nitrogen and oxygen atoms in total. The topological polar surface area (TPSA) is 80.4 Å². The Morgan fingerprint density at radius 1 is 1.09 bits per heavy atom. The Labute approximate surface area is 204 Å². The van der Waals surface area contributed by atoms with Gasteiger partial charge in [0.1, 0.15) is 17.8 Å². The van der Waals surface area contributed by atoms with E-state index in [2.05, 4.69) is 74.0 Å². The van der Waals surface area contributed by atoms with Crippen molar-refractivity contribution in [3.63, 3.8) is 0 Å². The number of aromatic amines is 1. The molecule has 8 heteroatoms. The van der Waals surface area contributed by atoms with Crippen LogP contribution in [-0.4, -0.2) is 66.0 Å². The predicted molar refractivity (Wildman–Crippen MR) is 142 cm³/mol. The zero-order valence-corrected chi connectivity index (χ0v) is 20.0. The van der Waals surface area contributed by atoms with E-state index >= 15 is 0 Å². The van der Waals surface area contributed by atoms with Crippen LogP contribution in [0.1, 0.15) is 0 Å². The van der Waals surface area contributed by atoms with Gasteiger partial charge in [-0.1, -0.05) is 24.8 Å². The van der Waals surface area contributed by atoms with Gasteiger partial charge in [0, 0.05) is 56.0 Å². The third-order valence-electron chi connectivity index (χ3n) is 6.46. The minimum Gasteiger partial charge on any atom is -0.369 e. The lowest BCUT2D eigenvalue weighted by molar-refractivity contribution is -0.111. The quantitative estimate of drug-likeness (QED) is 0.412. The number of hydrogen-bond acceptors (Lipinski definition) is 6. The number of nitrogens with one attached hydrogen (secondary N) is 2. The summed E-state index contributed by atoms with van der Waals surface area (Å²) in [5.74, 6) is 0.530. The third kappa shape index (κ3) is 4.74. The van der Waals surface area contributed by atoms with Crippen LogP contribution >= 0.6 is 0 Å². The van der Waals surface area contributed by atoms with Crippen molar-refractivity contribution in [1.82, 2.24) is 19.9 Å². The molecule has 3 heterocycles. The van der Waals surface area contributed by atoms with Crippen molar-refractivity contribution in [3.05, 3.63) is 73.6 Å². The molecule has 0 aliphatic carbocycles. The first-order valence-corrected chi connectivity index (χ1v) is 11.7. The number of rotatable bonds is 6. The Kier molecular flexibility index (Phi) is 6.20. The number of nitrogens with zero attached hydrogens (tertiary/aromatic N) is 5. The van der Waals surface area contributed by atoms with E-state index in [0.29, 0.717) is 5.69 Å². The van der Waals surface area contributed by atoms with Gasteiger partial charge in [0.2, 0.25) is 5.91 Å². The molecular formula is C27H29N7O. The van der Waals surface area contributed by atoms with Crippen LogP contribution in [0.4, 0.5) is 22.9 Å². The summed E-state index contributed by atoms with van der Waals surface area (Å²) in [4.78, 5) is 30.9. The van der Waals surface area contributed by atoms with Gasteiger partial charge >= 0.3 is 0 Å². The molecule has 1 fully saturated rings. The van der Waals surface area contributed by atoms with Gasteiger partial charge in [-0.3, -0.25) is 4.79 Å². The van der Waals surface area contributed by atoms with Crippen LogP contribution in [0.5, 0.6) is 0 Å². The zero-order valence-electron chi connectivity index (χ0n) is 20.0. The Morgan fingerprint density at radius 2 is 1.86 bits per heavy atom. The first-order chi connectivity index (χ1) is 17.0. The number of benzene rings is 2. The SMILES string of the molecule is C=CC(=O)Nc1cccc(N(C)c2ncnc3[nH]c(-c4ccc(N5CCN(C)CC5)cc4)cc23)c1. The highest BCUT2D eigenvalue weighted by molar-refractivity contribution is 5.99. The number of likely N-dealkylation sites (N-methyl/N-ethyl adjacent to an activating group) is 1. The molecule has 5 rings (SSSR count). The smallest absolute Gasteiger partial charge is 0.247 e. The van der Waals surface area contributed by atoms with Crippen LogP contribution in [0.15, 0.2) is 73.6 Å². The highest BCUT2D eigenvalue weighted by Gasteiger charge is 2.16. The van der Waals surface area contributed by atoms with Gasteiger partial charge in [-0.2, -0.15) is 0 Å². The number of fused-ring (bicyclic) bond motifs is 1. The number of carbonyl (C=O) groups excluding carboxylic acids is 1. The number of hydrogen-bond donors (Lipinski definition) is 2. The minimum absolute atomic E-state index is 0.247. The maximum absolute atomic E-state index is 11.7. The van der Waals surface area contributed by atoms with Gasteiger partial charge in [-0.15, -0.1) is 0 Å². The number of piperazine rings is 1. The molecule has 1 aliphatic rings. The standard InChI is InChI=1S/C27H29N7O/c1-4-25(35)30-20-6-5-7-22(16-20)33(3)27-23-17-24(31-26(23)28-18-29-27)19-8-10-21(11-9-19)34-14-12-32(2)13-15-34/h4-11,16-18H,1,12-15H2,2-3H3,(H,30,35)(H,28,29,31). The van der Waals surface area contributed by atoms with E-state index in [9.17, 15) is 4.79 Å². The number of anilines is 4. The third-order valence-corrected chi connectivity index (χ3v) is 6.46. The number of aromatic nitrogens is 3. The summed E-state index contributed by atoms with van der Waals surface area (Å²) in [6.45, 7) is 7.77. The van der Waals surface area contributed by atoms with Gasteiger partial charge < -0.3 is 25.0 Å². The first-order valence-electron chi connectivity index (χ1n) is 11.7. The van der Waals surface area contributed by atoms with Crippen molar-refractivity contribution in [2.45, 2.75) is 0 Å². The number of carbonyl (C=O) groups is 1. The molecule has 0 bridgehead atoms. The molecule has 2 N–H and O–H groups in total. The van der Waals surface area contributed by atoms with E-state index in [1.54, 1.807) is 6.33 Å². The molecule has 1 amide bonds. The fraction of sp³-hybridized carbons (Fsp3) is 0.222. The highest BCUT2D eigenvalue weighted by Crippen LogP contribution is 2.33. The maximum Gasteiger partial charge on any atom is 0.247 e. The summed E-state index contributed by atoms with van der Waals surface area (Å²) in [7, 11) is 4.12. The molecule has 0 saturated carbocycles. The summed E-state index contributed by atoms with van der Waals surface area (Å²) in [5, 5.41) is 3.73. The summed E-state index contributed by atoms with van der Waals surface area (Å²) in [6.07, 6.45) is 2.82. The molecule has 1 aliphatic heterocycles. The lowest BCUT2D eigenvalue weighted by atomic mass is 10.1. The van der Waals surface area contributed by atoms with E-state index < -0.39 is 0 Å². The van der Waals surface area contributed by atoms with E-state index in [1.807, 2.05) is 36.2 Å². The zero-order chi connectivity index (χ0) is 24.4. The molecule has 0 radical (unpaired) electrons. The minimum atomic E-state index is -0.247. The molecule has 178 valence electrons. The molecule has 0 atom stereocenters. The second kappa shape index (κ2) is 9.60. The van der Waals surface area contributed by atoms with Gasteiger partial charge in [-0.25, -0.2) is 9.97 Å². The molecule has 35 heavy (non-hydrogen) atoms. The molecule has 2 aromatic heterocycles. The van der Waals surface area contributed by atoms with Crippen molar-refractivity contribution in [1.29, 1.82) is 0 Å². The summed E-state index contributed by atoms with van der Waals surface area (Å²) in [6, 6.07) is 18.4. The van der Waals surface area contributed by atoms with Crippen LogP contribution in [0, 0.1) is 0 Å². The number of amides is 1. The van der Waals surface area contributed by atoms with E-state index in [-0.39, 0.29) is 5.91 Å². The fourth-order valence-electron chi connectivity index (χ4n) is 4.37. The number of H-pyrrole nitrogens is 1. The summed E-state index contributed by atoms with van der Waals surface area (Å²) < 4.78 is 0. The Bertz CT molecular complexity index is 1350. The van der Waals surface area contributed by atoms with Gasteiger partial charge in [0.25, 0.3) is 0 Å². The molecule has 0 unspecified atom stereocenters. The van der Waals surface area contributed by atoms with E-state index in [1.165, 1.54) is 11.8 Å². The highest BCUT2D eigenvalue weighted by atomic mass is 16.1. The summed E-state index contributed by atoms with van der Waals surface area (Å²) >= 11 is 0. The summed E-state index contributed by atoms with van der Waals surface area (Å²) in [5.41, 5.74) is 5.71. The van der Waals surface area contributed by atoms with E-state index in [4.69, 9.17) is 0 Å². The monoisotopic (exact) mass is 467 g/mol. The second-order valence-corrected chi connectivity index (χ2v) is 8.78. The maximum atomic E-state index is 11.7. The van der Waals surface area contributed by atoms with Crippen LogP contribution in [0.25, 0.3) is 22.3 Å². The van der Waals surface area contributed by atoms with E-state index in [0.717, 1.165) is 60.0 Å². The van der Waals surface area contributed by atoms with Crippen molar-refractivity contribution < 1.29 is 4.79 Å². The normalized spacial score (nSPS) is 14.2. The fourth-order valence-corrected chi connectivity index (χ4v) is 4.37. The molecule has 4 aromatic rings. The first kappa shape index (κ1) is 22.6. The predicted octanol–water partition coefficient (Wildman–Crippen LogP) is 4.27. The molecule has 1 saturated heterocycles. The van der Waals surface area contributed by atoms with Crippen LogP contribution in [0.3, 0.4) is 0 Å². The van der Waals surface area contributed by atoms with Crippen molar-refractivity contribution >= 4 is 39.8 Å². The second-order valence-electron chi connectivity index (χ2n) is 8.78. The Balaban J connectivity index is 1.41. The van der Waals surface area contributed by atoms with Crippen LogP contribution < -0.4 is 15.1 Å². The average molecular weight is 468 g/mol. The lowest BCUT2D eigenvalue weighted by Gasteiger charge is -2.34. The van der Waals surface area contributed by atoms with Gasteiger partial charge in [-0.05, 0) is 55.1 Å². The van der Waals surface area contributed by atoms with Gasteiger partial charge in [0.15, 0.2) is 0 Å². The van der Waals surface area contributed by atoms with Crippen molar-refractivity contribution in [2.24, 2.45) is 0 Å². The lowest BCUT2D eigenvalue weighted by Crippen LogP contribution is -2.44. The Hall–Kier alpha value is -4.17. The largest absolute Gasteiger partial charge is 0.369 e. The van der Waals surface area contributed by atoms with Crippen molar-refractivity contribution in [2.75, 3.05) is 55.4 Å². The molecule has 0 spiro atoms. The Morgan fingerprint density at radius 3 is 2.60 bits per heavy atom. The molecular weight excluding hydrogens is 438 g/mol. The van der Waals surface area contributed by atoms with Crippen molar-refractivity contribution in [3.8, 4) is 11.3 Å². The van der Waals surface area contributed by atoms with Gasteiger partial charge in [0.05, 0.1) is 5.39 Å². The average Bonchev–Trinajstić information content (AvgIpc) is 3.33. The van der Waals surface area contributed by atoms with Crippen LogP contribution in [-0.2, 0) is 4.79 Å². The molecule has 2 aromatic carbocycles.